The van der Waals surface area contributed by atoms with Gasteiger partial charge in [0.05, 0.1) is 16.7 Å². The van der Waals surface area contributed by atoms with Gasteiger partial charge in [-0.25, -0.2) is 13.1 Å². The van der Waals surface area contributed by atoms with Crippen LogP contribution in [0.4, 0.5) is 5.69 Å². The van der Waals surface area contributed by atoms with E-state index in [2.05, 4.69) is 4.72 Å². The van der Waals surface area contributed by atoms with Gasteiger partial charge in [-0.1, -0.05) is 0 Å². The third-order valence-corrected chi connectivity index (χ3v) is 7.12. The summed E-state index contributed by atoms with van der Waals surface area (Å²) in [5, 5.41) is 13.8. The fraction of sp³-hybridized carbons (Fsp3) is 0.389. The monoisotopic (exact) mass is 392 g/mol. The van der Waals surface area contributed by atoms with E-state index in [-0.39, 0.29) is 17.3 Å². The molecule has 0 unspecified atom stereocenters. The molecule has 1 aromatic heterocycles. The normalized spacial score (nSPS) is 17.4. The lowest BCUT2D eigenvalue weighted by Crippen LogP contribution is -2.33. The largest absolute Gasteiger partial charge is 0.388 e. The second-order valence-electron chi connectivity index (χ2n) is 6.64. The van der Waals surface area contributed by atoms with Crippen molar-refractivity contribution < 1.29 is 18.3 Å². The lowest BCUT2D eigenvalue weighted by atomic mass is 10.00. The lowest BCUT2D eigenvalue weighted by molar-refractivity contribution is -0.118. The Labute approximate surface area is 156 Å². The number of hydrogen-bond acceptors (Lipinski definition) is 5. The third-order valence-electron chi connectivity index (χ3n) is 4.97. The van der Waals surface area contributed by atoms with E-state index >= 15 is 0 Å². The van der Waals surface area contributed by atoms with E-state index in [9.17, 15) is 18.3 Å². The van der Waals surface area contributed by atoms with Gasteiger partial charge in [-0.15, -0.1) is 0 Å². The van der Waals surface area contributed by atoms with Crippen molar-refractivity contribution in [3.8, 4) is 0 Å². The molecule has 1 amide bonds. The lowest BCUT2D eigenvalue weighted by Gasteiger charge is -2.25. The van der Waals surface area contributed by atoms with Crippen LogP contribution in [0.25, 0.3) is 0 Å². The second kappa shape index (κ2) is 6.77. The van der Waals surface area contributed by atoms with Gasteiger partial charge >= 0.3 is 0 Å². The summed E-state index contributed by atoms with van der Waals surface area (Å²) in [6.45, 7) is 0.793. The number of benzene rings is 1. The van der Waals surface area contributed by atoms with Gasteiger partial charge in [-0.3, -0.25) is 4.79 Å². The molecule has 1 atom stereocenters. The zero-order valence-corrected chi connectivity index (χ0v) is 15.8. The summed E-state index contributed by atoms with van der Waals surface area (Å²) >= 11 is 1.50. The van der Waals surface area contributed by atoms with Crippen LogP contribution in [0.15, 0.2) is 33.9 Å². The second-order valence-corrected chi connectivity index (χ2v) is 9.19. The molecule has 0 saturated carbocycles. The number of aliphatic hydroxyl groups is 1. The molecule has 4 rings (SSSR count). The van der Waals surface area contributed by atoms with Crippen molar-refractivity contribution in [1.82, 2.24) is 4.72 Å². The van der Waals surface area contributed by atoms with Crippen LogP contribution in [0.3, 0.4) is 0 Å². The van der Waals surface area contributed by atoms with Gasteiger partial charge in [0.1, 0.15) is 0 Å². The molecule has 2 aliphatic rings. The number of carbonyl (C=O) groups is 1. The third kappa shape index (κ3) is 3.18. The molecule has 0 radical (unpaired) electrons. The highest BCUT2D eigenvalue weighted by atomic mass is 32.2. The predicted molar refractivity (Wildman–Crippen MR) is 99.9 cm³/mol. The van der Waals surface area contributed by atoms with Gasteiger partial charge < -0.3 is 10.0 Å². The summed E-state index contributed by atoms with van der Waals surface area (Å²) in [7, 11) is -3.65. The molecule has 0 fully saturated rings. The molecule has 0 aliphatic carbocycles. The average Bonchev–Trinajstić information content (AvgIpc) is 3.28. The minimum absolute atomic E-state index is 0.118. The van der Waals surface area contributed by atoms with Gasteiger partial charge in [0.15, 0.2) is 0 Å². The van der Waals surface area contributed by atoms with Crippen LogP contribution in [0.2, 0.25) is 0 Å². The fourth-order valence-electron chi connectivity index (χ4n) is 3.63. The molecule has 138 valence electrons. The van der Waals surface area contributed by atoms with Gasteiger partial charge in [0.25, 0.3) is 0 Å². The number of anilines is 1. The van der Waals surface area contributed by atoms with Crippen LogP contribution in [0.1, 0.15) is 35.6 Å². The Kier molecular flexibility index (Phi) is 4.60. The summed E-state index contributed by atoms with van der Waals surface area (Å²) in [6, 6.07) is 5.19. The van der Waals surface area contributed by atoms with Crippen molar-refractivity contribution >= 4 is 33.0 Å². The first-order chi connectivity index (χ1) is 12.5. The first kappa shape index (κ1) is 17.7. The minimum Gasteiger partial charge on any atom is -0.388 e. The molecule has 3 heterocycles. The maximum atomic E-state index is 12.7. The number of nitrogens with zero attached hydrogens (tertiary/aromatic N) is 1. The van der Waals surface area contributed by atoms with E-state index in [0.717, 1.165) is 22.4 Å². The highest BCUT2D eigenvalue weighted by Crippen LogP contribution is 2.38. The van der Waals surface area contributed by atoms with Crippen LogP contribution in [-0.4, -0.2) is 32.5 Å². The number of aliphatic hydroxyl groups excluding tert-OH is 1. The van der Waals surface area contributed by atoms with Gasteiger partial charge in [0, 0.05) is 19.5 Å². The van der Waals surface area contributed by atoms with E-state index in [4.69, 9.17) is 0 Å². The van der Waals surface area contributed by atoms with Crippen molar-refractivity contribution in [1.29, 1.82) is 0 Å². The minimum atomic E-state index is -3.65. The van der Waals surface area contributed by atoms with Crippen molar-refractivity contribution in [3.63, 3.8) is 0 Å². The van der Waals surface area contributed by atoms with Crippen molar-refractivity contribution in [2.45, 2.75) is 36.7 Å². The van der Waals surface area contributed by atoms with Crippen LogP contribution in [-0.2, 0) is 27.7 Å². The number of hydrogen-bond donors (Lipinski definition) is 2. The first-order valence-corrected chi connectivity index (χ1v) is 11.0. The topological polar surface area (TPSA) is 86.7 Å². The van der Waals surface area contributed by atoms with Crippen molar-refractivity contribution in [3.05, 3.63) is 45.6 Å². The fourth-order valence-corrected chi connectivity index (χ4v) is 5.48. The van der Waals surface area contributed by atoms with E-state index in [1.54, 1.807) is 17.0 Å². The summed E-state index contributed by atoms with van der Waals surface area (Å²) in [4.78, 5) is 14.0. The maximum absolute atomic E-state index is 12.7. The molecule has 8 heteroatoms. The Balaban J connectivity index is 1.49. The predicted octanol–water partition coefficient (Wildman–Crippen LogP) is 1.99. The molecule has 2 N–H and O–H groups in total. The van der Waals surface area contributed by atoms with Gasteiger partial charge in [0.2, 0.25) is 15.9 Å². The Hall–Kier alpha value is -1.74. The SMILES string of the molecule is O=C1CCc2cc(S(=O)(=O)NCC[C@H](O)c3ccsc3)cc3c2N1CC3. The Morgan fingerprint density at radius 1 is 1.23 bits per heavy atom. The quantitative estimate of drug-likeness (QED) is 0.787. The smallest absolute Gasteiger partial charge is 0.240 e. The zero-order valence-electron chi connectivity index (χ0n) is 14.1. The number of carbonyl (C=O) groups excluding carboxylic acids is 1. The Morgan fingerprint density at radius 2 is 2.00 bits per heavy atom. The van der Waals surface area contributed by atoms with E-state index < -0.39 is 16.1 Å². The molecule has 1 aromatic carbocycles. The number of nitrogens with one attached hydrogen (secondary N) is 1. The first-order valence-electron chi connectivity index (χ1n) is 8.62. The molecule has 0 saturated heterocycles. The Bertz CT molecular complexity index is 938. The van der Waals surface area contributed by atoms with E-state index in [0.29, 0.717) is 32.2 Å². The highest BCUT2D eigenvalue weighted by Gasteiger charge is 2.32. The summed E-state index contributed by atoms with van der Waals surface area (Å²) in [5.74, 6) is 0.118. The molecular formula is C18H20N2O4S2. The number of thiophene rings is 1. The highest BCUT2D eigenvalue weighted by molar-refractivity contribution is 7.89. The zero-order chi connectivity index (χ0) is 18.3. The molecule has 2 aromatic rings. The summed E-state index contributed by atoms with van der Waals surface area (Å²) in [5.41, 5.74) is 3.57. The average molecular weight is 393 g/mol. The molecular weight excluding hydrogens is 372 g/mol. The van der Waals surface area contributed by atoms with E-state index in [1.807, 2.05) is 16.8 Å². The standard InChI is InChI=1S/C18H20N2O4S2/c21-16(14-5-8-25-11-14)3-6-19-26(23,24)15-9-12-1-2-17(22)20-7-4-13(10-15)18(12)20/h5,8-11,16,19,21H,1-4,6-7H2/t16-/m0/s1. The van der Waals surface area contributed by atoms with Gasteiger partial charge in [-0.05, 0) is 64.9 Å². The molecule has 0 spiro atoms. The van der Waals surface area contributed by atoms with Crippen LogP contribution in [0, 0.1) is 0 Å². The Morgan fingerprint density at radius 3 is 2.73 bits per heavy atom. The maximum Gasteiger partial charge on any atom is 0.240 e. The number of amides is 1. The van der Waals surface area contributed by atoms with Crippen LogP contribution >= 0.6 is 11.3 Å². The summed E-state index contributed by atoms with van der Waals surface area (Å²) < 4.78 is 27.9. The van der Waals surface area contributed by atoms with E-state index in [1.165, 1.54) is 11.3 Å². The molecule has 6 nitrogen and oxygen atoms in total. The molecule has 0 bridgehead atoms. The van der Waals surface area contributed by atoms with Crippen molar-refractivity contribution in [2.24, 2.45) is 0 Å². The molecule has 26 heavy (non-hydrogen) atoms. The van der Waals surface area contributed by atoms with Gasteiger partial charge in [-0.2, -0.15) is 11.3 Å². The number of rotatable bonds is 6. The summed E-state index contributed by atoms with van der Waals surface area (Å²) in [6.07, 6.45) is 1.34. The van der Waals surface area contributed by atoms with Crippen LogP contribution in [0.5, 0.6) is 0 Å². The van der Waals surface area contributed by atoms with Crippen LogP contribution < -0.4 is 9.62 Å². The number of aryl methyl sites for hydroxylation is 1. The number of sulfonamides is 1. The molecule has 2 aliphatic heterocycles. The van der Waals surface area contributed by atoms with Crippen molar-refractivity contribution in [2.75, 3.05) is 18.0 Å².